The molecule has 1 aromatic carbocycles. The molecular weight excluding hydrogens is 449 g/mol. The van der Waals surface area contributed by atoms with Gasteiger partial charge < -0.3 is 10.6 Å². The molecule has 144 valence electrons. The summed E-state index contributed by atoms with van der Waals surface area (Å²) in [7, 11) is 0. The van der Waals surface area contributed by atoms with Crippen molar-refractivity contribution in [3.8, 4) is 0 Å². The molecule has 3 nitrogen and oxygen atoms in total. The SMILES string of the molecule is CCNC(=NCCCCC(F)(F)F)NCCc1ccc(F)cc1C.I. The number of guanidine groups is 1. The van der Waals surface area contributed by atoms with E-state index in [1.165, 1.54) is 12.1 Å². The number of alkyl halides is 3. The number of hydrogen-bond acceptors (Lipinski definition) is 1. The van der Waals surface area contributed by atoms with Crippen molar-refractivity contribution < 1.29 is 17.6 Å². The van der Waals surface area contributed by atoms with Crippen LogP contribution in [0.4, 0.5) is 17.6 Å². The van der Waals surface area contributed by atoms with Gasteiger partial charge in [-0.25, -0.2) is 4.39 Å². The third-order valence-corrected chi connectivity index (χ3v) is 3.47. The first-order valence-corrected chi connectivity index (χ1v) is 8.16. The van der Waals surface area contributed by atoms with Gasteiger partial charge in [0.25, 0.3) is 0 Å². The van der Waals surface area contributed by atoms with Crippen LogP contribution in [0.25, 0.3) is 0 Å². The quantitative estimate of drug-likeness (QED) is 0.190. The molecule has 1 rings (SSSR count). The minimum Gasteiger partial charge on any atom is -0.357 e. The number of nitrogens with one attached hydrogen (secondary N) is 2. The molecule has 2 N–H and O–H groups in total. The number of unbranched alkanes of at least 4 members (excludes halogenated alkanes) is 1. The van der Waals surface area contributed by atoms with Crippen molar-refractivity contribution in [2.45, 2.75) is 45.7 Å². The fraction of sp³-hybridized carbons (Fsp3) is 0.588. The highest BCUT2D eigenvalue weighted by molar-refractivity contribution is 14.0. The first-order valence-electron chi connectivity index (χ1n) is 8.16. The molecule has 0 aliphatic carbocycles. The van der Waals surface area contributed by atoms with Crippen molar-refractivity contribution in [2.75, 3.05) is 19.6 Å². The Morgan fingerprint density at radius 2 is 1.88 bits per heavy atom. The average Bonchev–Trinajstić information content (AvgIpc) is 2.48. The Labute approximate surface area is 163 Å². The highest BCUT2D eigenvalue weighted by atomic mass is 127. The smallest absolute Gasteiger partial charge is 0.357 e. The van der Waals surface area contributed by atoms with Crippen LogP contribution in [0, 0.1) is 12.7 Å². The molecule has 0 aliphatic rings. The van der Waals surface area contributed by atoms with Crippen LogP contribution in [0.1, 0.15) is 37.3 Å². The summed E-state index contributed by atoms with van der Waals surface area (Å²) in [6.45, 7) is 5.41. The molecule has 0 atom stereocenters. The second-order valence-corrected chi connectivity index (χ2v) is 5.58. The summed E-state index contributed by atoms with van der Waals surface area (Å²) in [6, 6.07) is 4.69. The highest BCUT2D eigenvalue weighted by Crippen LogP contribution is 2.21. The second-order valence-electron chi connectivity index (χ2n) is 5.58. The lowest BCUT2D eigenvalue weighted by atomic mass is 10.1. The summed E-state index contributed by atoms with van der Waals surface area (Å²) < 4.78 is 49.2. The molecule has 25 heavy (non-hydrogen) atoms. The van der Waals surface area contributed by atoms with Crippen LogP contribution in [0.3, 0.4) is 0 Å². The fourth-order valence-electron chi connectivity index (χ4n) is 2.23. The summed E-state index contributed by atoms with van der Waals surface area (Å²) in [4.78, 5) is 4.27. The maximum Gasteiger partial charge on any atom is 0.389 e. The highest BCUT2D eigenvalue weighted by Gasteiger charge is 2.25. The lowest BCUT2D eigenvalue weighted by molar-refractivity contribution is -0.135. The van der Waals surface area contributed by atoms with Gasteiger partial charge in [-0.15, -0.1) is 24.0 Å². The Kier molecular flexibility index (Phi) is 11.8. The molecule has 0 aromatic heterocycles. The lowest BCUT2D eigenvalue weighted by Crippen LogP contribution is -2.38. The van der Waals surface area contributed by atoms with Gasteiger partial charge in [0.05, 0.1) is 0 Å². The van der Waals surface area contributed by atoms with Gasteiger partial charge in [-0.3, -0.25) is 4.99 Å². The summed E-state index contributed by atoms with van der Waals surface area (Å²) in [6.07, 6.45) is -3.67. The van der Waals surface area contributed by atoms with Crippen LogP contribution in [-0.2, 0) is 6.42 Å². The van der Waals surface area contributed by atoms with Gasteiger partial charge in [0, 0.05) is 26.1 Å². The van der Waals surface area contributed by atoms with E-state index in [1.807, 2.05) is 13.8 Å². The zero-order chi connectivity index (χ0) is 18.0. The average molecular weight is 475 g/mol. The predicted octanol–water partition coefficient (Wildman–Crippen LogP) is 4.58. The van der Waals surface area contributed by atoms with Crippen molar-refractivity contribution in [3.63, 3.8) is 0 Å². The molecule has 0 spiro atoms. The van der Waals surface area contributed by atoms with Crippen LogP contribution in [0.15, 0.2) is 23.2 Å². The normalized spacial score (nSPS) is 11.8. The summed E-state index contributed by atoms with van der Waals surface area (Å²) in [5.74, 6) is 0.335. The maximum atomic E-state index is 13.1. The number of rotatable bonds is 8. The molecule has 0 fully saturated rings. The van der Waals surface area contributed by atoms with Gasteiger partial charge in [0.15, 0.2) is 5.96 Å². The Hall–Kier alpha value is -1.06. The third kappa shape index (κ3) is 11.2. The molecule has 0 bridgehead atoms. The van der Waals surface area contributed by atoms with Crippen molar-refractivity contribution in [2.24, 2.45) is 4.99 Å². The minimum absolute atomic E-state index is 0. The number of nitrogens with zero attached hydrogens (tertiary/aromatic N) is 1. The standard InChI is InChI=1S/C17H25F4N3.HI/c1-3-22-16(23-10-5-4-9-17(19,20)21)24-11-8-14-6-7-15(18)12-13(14)2;/h6-7,12H,3-5,8-11H2,1-2H3,(H2,22,23,24);1H. The topological polar surface area (TPSA) is 36.4 Å². The van der Waals surface area contributed by atoms with Gasteiger partial charge >= 0.3 is 6.18 Å². The van der Waals surface area contributed by atoms with E-state index in [4.69, 9.17) is 0 Å². The molecule has 1 aromatic rings. The largest absolute Gasteiger partial charge is 0.389 e. The van der Waals surface area contributed by atoms with Crippen LogP contribution in [0.5, 0.6) is 0 Å². The van der Waals surface area contributed by atoms with Gasteiger partial charge in [0.1, 0.15) is 5.82 Å². The summed E-state index contributed by atoms with van der Waals surface area (Å²) in [5.41, 5.74) is 1.94. The van der Waals surface area contributed by atoms with Gasteiger partial charge in [-0.1, -0.05) is 6.07 Å². The van der Waals surface area contributed by atoms with E-state index in [0.29, 0.717) is 38.4 Å². The van der Waals surface area contributed by atoms with Crippen molar-refractivity contribution in [1.82, 2.24) is 10.6 Å². The third-order valence-electron chi connectivity index (χ3n) is 3.47. The molecule has 0 saturated carbocycles. The number of benzene rings is 1. The summed E-state index contributed by atoms with van der Waals surface area (Å²) in [5, 5.41) is 6.20. The first-order chi connectivity index (χ1) is 11.3. The van der Waals surface area contributed by atoms with Gasteiger partial charge in [-0.2, -0.15) is 13.2 Å². The first kappa shape index (κ1) is 23.9. The van der Waals surface area contributed by atoms with E-state index < -0.39 is 12.6 Å². The number of aryl methyl sites for hydroxylation is 1. The fourth-order valence-corrected chi connectivity index (χ4v) is 2.23. The molecule has 0 saturated heterocycles. The zero-order valence-corrected chi connectivity index (χ0v) is 16.9. The van der Waals surface area contributed by atoms with E-state index in [9.17, 15) is 17.6 Å². The molecular formula is C17H26F4IN3. The monoisotopic (exact) mass is 475 g/mol. The molecule has 0 aliphatic heterocycles. The van der Waals surface area contributed by atoms with Crippen molar-refractivity contribution >= 4 is 29.9 Å². The Balaban J connectivity index is 0.00000576. The Morgan fingerprint density at radius 3 is 2.48 bits per heavy atom. The van der Waals surface area contributed by atoms with Crippen molar-refractivity contribution in [3.05, 3.63) is 35.1 Å². The number of halogens is 5. The van der Waals surface area contributed by atoms with E-state index in [-0.39, 0.29) is 36.2 Å². The van der Waals surface area contributed by atoms with E-state index in [2.05, 4.69) is 15.6 Å². The van der Waals surface area contributed by atoms with Crippen LogP contribution in [0.2, 0.25) is 0 Å². The van der Waals surface area contributed by atoms with E-state index in [0.717, 1.165) is 11.1 Å². The second kappa shape index (κ2) is 12.3. The van der Waals surface area contributed by atoms with Crippen molar-refractivity contribution in [1.29, 1.82) is 0 Å². The van der Waals surface area contributed by atoms with Crippen LogP contribution in [-0.4, -0.2) is 31.8 Å². The Morgan fingerprint density at radius 1 is 1.16 bits per heavy atom. The minimum atomic E-state index is -4.10. The zero-order valence-electron chi connectivity index (χ0n) is 14.5. The molecule has 0 heterocycles. The molecule has 0 unspecified atom stereocenters. The van der Waals surface area contributed by atoms with E-state index >= 15 is 0 Å². The number of hydrogen-bond donors (Lipinski definition) is 2. The van der Waals surface area contributed by atoms with Crippen LogP contribution < -0.4 is 10.6 Å². The summed E-state index contributed by atoms with van der Waals surface area (Å²) >= 11 is 0. The molecule has 0 amide bonds. The maximum absolute atomic E-state index is 13.1. The van der Waals surface area contributed by atoms with Crippen LogP contribution >= 0.6 is 24.0 Å². The predicted molar refractivity (Wildman–Crippen MR) is 104 cm³/mol. The van der Waals surface area contributed by atoms with Gasteiger partial charge in [-0.05, 0) is 56.4 Å². The Bertz CT molecular complexity index is 533. The van der Waals surface area contributed by atoms with Gasteiger partial charge in [0.2, 0.25) is 0 Å². The lowest BCUT2D eigenvalue weighted by Gasteiger charge is -2.12. The van der Waals surface area contributed by atoms with E-state index in [1.54, 1.807) is 6.07 Å². The molecule has 8 heteroatoms. The molecule has 0 radical (unpaired) electrons. The number of aliphatic imine (C=N–C) groups is 1.